The van der Waals surface area contributed by atoms with Crippen LogP contribution in [0.1, 0.15) is 22.8 Å². The first-order valence-electron chi connectivity index (χ1n) is 12.4. The zero-order chi connectivity index (χ0) is 24.9. The lowest BCUT2D eigenvalue weighted by atomic mass is 10.1. The van der Waals surface area contributed by atoms with Gasteiger partial charge in [0.15, 0.2) is 0 Å². The summed E-state index contributed by atoms with van der Waals surface area (Å²) < 4.78 is 16.8. The molecule has 2 aromatic carbocycles. The number of hydrogen-bond donors (Lipinski definition) is 1. The molecule has 0 saturated carbocycles. The lowest BCUT2D eigenvalue weighted by Crippen LogP contribution is -2.46. The molecule has 0 amide bonds. The fourth-order valence-corrected chi connectivity index (χ4v) is 5.01. The van der Waals surface area contributed by atoms with Crippen LogP contribution in [0, 0.1) is 0 Å². The minimum atomic E-state index is -0.486. The Morgan fingerprint density at radius 1 is 0.944 bits per heavy atom. The van der Waals surface area contributed by atoms with Gasteiger partial charge in [0.25, 0.3) is 0 Å². The minimum absolute atomic E-state index is 0.0427. The van der Waals surface area contributed by atoms with Crippen LogP contribution < -0.4 is 15.3 Å². The third-order valence-electron chi connectivity index (χ3n) is 7.04. The van der Waals surface area contributed by atoms with Crippen molar-refractivity contribution in [3.05, 3.63) is 88.0 Å². The average molecular weight is 492 g/mol. The molecule has 8 nitrogen and oxygen atoms in total. The Kier molecular flexibility index (Phi) is 7.55. The Hall–Kier alpha value is -3.33. The topological polar surface area (TPSA) is 78.6 Å². The monoisotopic (exact) mass is 491 g/mol. The molecule has 0 unspecified atom stereocenters. The van der Waals surface area contributed by atoms with Crippen molar-refractivity contribution in [3.63, 3.8) is 0 Å². The van der Waals surface area contributed by atoms with Gasteiger partial charge in [0, 0.05) is 57.9 Å². The Balaban J connectivity index is 1.23. The highest BCUT2D eigenvalue weighted by Gasteiger charge is 2.26. The van der Waals surface area contributed by atoms with Gasteiger partial charge in [-0.1, -0.05) is 42.5 Å². The van der Waals surface area contributed by atoms with Crippen LogP contribution in [0.5, 0.6) is 11.5 Å². The molecule has 2 fully saturated rings. The molecule has 2 saturated heterocycles. The second-order valence-electron chi connectivity index (χ2n) is 9.32. The molecule has 2 aliphatic rings. The van der Waals surface area contributed by atoms with Crippen molar-refractivity contribution >= 4 is 5.69 Å². The third-order valence-corrected chi connectivity index (χ3v) is 7.04. The molecule has 3 aromatic rings. The molecule has 190 valence electrons. The van der Waals surface area contributed by atoms with E-state index >= 15 is 0 Å². The normalized spacial score (nSPS) is 19.4. The van der Waals surface area contributed by atoms with Crippen molar-refractivity contribution < 1.29 is 19.0 Å². The van der Waals surface area contributed by atoms with Crippen LogP contribution in [-0.2, 0) is 17.8 Å². The van der Waals surface area contributed by atoms with Crippen LogP contribution in [0.2, 0.25) is 0 Å². The predicted molar refractivity (Wildman–Crippen MR) is 138 cm³/mol. The summed E-state index contributed by atoms with van der Waals surface area (Å²) in [6.45, 7) is 6.12. The predicted octanol–water partition coefficient (Wildman–Crippen LogP) is 3.25. The Labute approximate surface area is 211 Å². The van der Waals surface area contributed by atoms with Gasteiger partial charge in [-0.3, -0.25) is 9.80 Å². The molecule has 5 rings (SSSR count). The smallest absolute Gasteiger partial charge is 0.343 e. The number of morpholine rings is 1. The van der Waals surface area contributed by atoms with Crippen LogP contribution >= 0.6 is 0 Å². The largest absolute Gasteiger partial charge is 0.507 e. The van der Waals surface area contributed by atoms with E-state index in [1.807, 2.05) is 48.5 Å². The maximum atomic E-state index is 12.6. The molecule has 0 aliphatic carbocycles. The van der Waals surface area contributed by atoms with Gasteiger partial charge < -0.3 is 23.9 Å². The van der Waals surface area contributed by atoms with Gasteiger partial charge in [-0.2, -0.15) is 0 Å². The standard InChI is InChI=1S/C28H33N3O5/c1-34-25-10-6-5-9-24(25)31-13-11-29(12-14-31)17-22-20-36-28(33)23(27(22)32)18-30-15-16-35-26(19-30)21-7-3-2-4-8-21/h2-10,20,26,32H,11-19H2,1H3/t26-/m0/s1. The summed E-state index contributed by atoms with van der Waals surface area (Å²) in [7, 11) is 1.69. The molecule has 1 N–H and O–H groups in total. The van der Waals surface area contributed by atoms with E-state index < -0.39 is 5.63 Å². The molecule has 0 radical (unpaired) electrons. The van der Waals surface area contributed by atoms with Gasteiger partial charge >= 0.3 is 5.63 Å². The van der Waals surface area contributed by atoms with Gasteiger partial charge in [-0.25, -0.2) is 4.79 Å². The first-order valence-corrected chi connectivity index (χ1v) is 12.4. The lowest BCUT2D eigenvalue weighted by Gasteiger charge is -2.36. The van der Waals surface area contributed by atoms with E-state index in [0.29, 0.717) is 43.9 Å². The maximum absolute atomic E-state index is 12.6. The van der Waals surface area contributed by atoms with Gasteiger partial charge in [0.05, 0.1) is 31.1 Å². The number of methoxy groups -OCH3 is 1. The van der Waals surface area contributed by atoms with Crippen molar-refractivity contribution in [1.29, 1.82) is 0 Å². The molecule has 0 bridgehead atoms. The van der Waals surface area contributed by atoms with Crippen molar-refractivity contribution in [2.45, 2.75) is 19.2 Å². The number of para-hydroxylation sites is 2. The first-order chi connectivity index (χ1) is 17.6. The molecule has 2 aliphatic heterocycles. The maximum Gasteiger partial charge on any atom is 0.343 e. The van der Waals surface area contributed by atoms with Crippen molar-refractivity contribution in [2.75, 3.05) is 57.9 Å². The summed E-state index contributed by atoms with van der Waals surface area (Å²) in [6.07, 6.45) is 1.34. The zero-order valence-electron chi connectivity index (χ0n) is 20.6. The summed E-state index contributed by atoms with van der Waals surface area (Å²) in [5.41, 5.74) is 2.67. The van der Waals surface area contributed by atoms with E-state index in [4.69, 9.17) is 13.9 Å². The number of anilines is 1. The number of rotatable bonds is 7. The second-order valence-corrected chi connectivity index (χ2v) is 9.32. The van der Waals surface area contributed by atoms with E-state index in [0.717, 1.165) is 43.2 Å². The van der Waals surface area contributed by atoms with E-state index in [-0.39, 0.29) is 11.9 Å². The summed E-state index contributed by atoms with van der Waals surface area (Å²) in [5, 5.41) is 11.0. The van der Waals surface area contributed by atoms with Crippen molar-refractivity contribution in [3.8, 4) is 11.5 Å². The lowest BCUT2D eigenvalue weighted by molar-refractivity contribution is -0.0334. The Bertz CT molecular complexity index is 1210. The van der Waals surface area contributed by atoms with Crippen molar-refractivity contribution in [2.24, 2.45) is 0 Å². The number of aromatic hydroxyl groups is 1. The van der Waals surface area contributed by atoms with E-state index in [2.05, 4.69) is 20.8 Å². The molecule has 3 heterocycles. The zero-order valence-corrected chi connectivity index (χ0v) is 20.6. The van der Waals surface area contributed by atoms with E-state index in [1.54, 1.807) is 7.11 Å². The van der Waals surface area contributed by atoms with Crippen LogP contribution in [0.25, 0.3) is 0 Å². The number of ether oxygens (including phenoxy) is 2. The number of nitrogens with zero attached hydrogens (tertiary/aromatic N) is 3. The molecule has 36 heavy (non-hydrogen) atoms. The second kappa shape index (κ2) is 11.2. The molecule has 1 atom stereocenters. The molecule has 8 heteroatoms. The molecular weight excluding hydrogens is 458 g/mol. The number of benzene rings is 2. The van der Waals surface area contributed by atoms with Crippen LogP contribution in [0.4, 0.5) is 5.69 Å². The fraction of sp³-hybridized carbons (Fsp3) is 0.393. The van der Waals surface area contributed by atoms with Crippen LogP contribution in [0.15, 0.2) is 70.1 Å². The number of hydrogen-bond acceptors (Lipinski definition) is 8. The quantitative estimate of drug-likeness (QED) is 0.540. The van der Waals surface area contributed by atoms with Crippen molar-refractivity contribution in [1.82, 2.24) is 9.80 Å². The summed E-state index contributed by atoms with van der Waals surface area (Å²) in [6, 6.07) is 18.1. The summed E-state index contributed by atoms with van der Waals surface area (Å²) in [4.78, 5) is 19.3. The highest BCUT2D eigenvalue weighted by Crippen LogP contribution is 2.30. The third kappa shape index (κ3) is 5.41. The van der Waals surface area contributed by atoms with Gasteiger partial charge in [-0.15, -0.1) is 0 Å². The van der Waals surface area contributed by atoms with E-state index in [9.17, 15) is 9.90 Å². The van der Waals surface area contributed by atoms with Gasteiger partial charge in [-0.05, 0) is 17.7 Å². The summed E-state index contributed by atoms with van der Waals surface area (Å²) in [5.74, 6) is 0.914. The van der Waals surface area contributed by atoms with Gasteiger partial charge in [0.1, 0.15) is 17.8 Å². The summed E-state index contributed by atoms with van der Waals surface area (Å²) >= 11 is 0. The number of piperazine rings is 1. The SMILES string of the molecule is COc1ccccc1N1CCN(Cc2coc(=O)c(CN3CCO[C@H](c4ccccc4)C3)c2O)CC1. The highest BCUT2D eigenvalue weighted by molar-refractivity contribution is 5.58. The minimum Gasteiger partial charge on any atom is -0.507 e. The van der Waals surface area contributed by atoms with Gasteiger partial charge in [0.2, 0.25) is 0 Å². The Morgan fingerprint density at radius 2 is 1.69 bits per heavy atom. The molecular formula is C28H33N3O5. The average Bonchev–Trinajstić information content (AvgIpc) is 2.93. The molecule has 0 spiro atoms. The Morgan fingerprint density at radius 3 is 2.47 bits per heavy atom. The van der Waals surface area contributed by atoms with E-state index in [1.165, 1.54) is 6.26 Å². The first kappa shape index (κ1) is 24.4. The van der Waals surface area contributed by atoms with Crippen LogP contribution in [-0.4, -0.2) is 67.9 Å². The van der Waals surface area contributed by atoms with Crippen LogP contribution in [0.3, 0.4) is 0 Å². The fourth-order valence-electron chi connectivity index (χ4n) is 5.01. The highest BCUT2D eigenvalue weighted by atomic mass is 16.5. The molecule has 1 aromatic heterocycles.